The molecule has 2 aliphatic rings. The van der Waals surface area contributed by atoms with Crippen LogP contribution in [0.1, 0.15) is 69.2 Å². The Hall–Kier alpha value is -1.10. The molecule has 1 aromatic heterocycles. The maximum Gasteiger partial charge on any atom is 0.274 e. The molecule has 0 spiro atoms. The minimum Gasteiger partial charge on any atom is -0.385 e. The Morgan fingerprint density at radius 3 is 2.54 bits per heavy atom. The van der Waals surface area contributed by atoms with Crippen LogP contribution in [0.25, 0.3) is 0 Å². The van der Waals surface area contributed by atoms with Gasteiger partial charge in [0.25, 0.3) is 5.91 Å². The highest BCUT2D eigenvalue weighted by Crippen LogP contribution is 2.26. The third-order valence-corrected chi connectivity index (χ3v) is 7.47. The predicted molar refractivity (Wildman–Crippen MR) is 159 cm³/mol. The number of unbranched alkanes of at least 4 members (excludes halogenated alkanes) is 2. The number of carbonyl (C=O) groups is 2. The van der Waals surface area contributed by atoms with Crippen molar-refractivity contribution in [1.82, 2.24) is 24.7 Å². The summed E-state index contributed by atoms with van der Waals surface area (Å²) in [5.41, 5.74) is 0.479. The summed E-state index contributed by atoms with van der Waals surface area (Å²) in [6.45, 7) is 12.1. The minimum absolute atomic E-state index is 0. The van der Waals surface area contributed by atoms with E-state index < -0.39 is 0 Å². The molecule has 2 atom stereocenters. The summed E-state index contributed by atoms with van der Waals surface area (Å²) in [5.74, 6) is 1.05. The van der Waals surface area contributed by atoms with Gasteiger partial charge in [0.1, 0.15) is 11.5 Å². The fourth-order valence-corrected chi connectivity index (χ4v) is 5.55. The van der Waals surface area contributed by atoms with Gasteiger partial charge in [-0.3, -0.25) is 9.59 Å². The first-order valence-electron chi connectivity index (χ1n) is 14.0. The van der Waals surface area contributed by atoms with Crippen molar-refractivity contribution < 1.29 is 19.1 Å². The standard InChI is InChI=1S/C27H46ClN5O4.2ClH/c1-5-6-9-23-30-25(28)24(32(23)10-7-8-13-36-4)27(35)33(19-20(2)3)22-16-21(17-29-18-22)26(34)31-11-14-37-15-12-31;;/h20-22,29H,5-19H2,1-4H3;2*1H/t21-,22+;;/m1../s1. The summed E-state index contributed by atoms with van der Waals surface area (Å²) in [7, 11) is 1.70. The highest BCUT2D eigenvalue weighted by molar-refractivity contribution is 6.32. The van der Waals surface area contributed by atoms with E-state index in [1.54, 1.807) is 7.11 Å². The zero-order chi connectivity index (χ0) is 26.8. The lowest BCUT2D eigenvalue weighted by molar-refractivity contribution is -0.140. The van der Waals surface area contributed by atoms with Crippen molar-refractivity contribution in [2.45, 2.75) is 71.9 Å². The number of rotatable bonds is 13. The smallest absolute Gasteiger partial charge is 0.274 e. The third kappa shape index (κ3) is 10.0. The maximum absolute atomic E-state index is 14.2. The second kappa shape index (κ2) is 18.4. The first-order valence-corrected chi connectivity index (χ1v) is 14.4. The van der Waals surface area contributed by atoms with Crippen LogP contribution in [0.15, 0.2) is 0 Å². The Bertz CT molecular complexity index is 880. The SMILES string of the molecule is CCCCc1nc(Cl)c(C(=O)N(CC(C)C)[C@@H]2CNC[C@H](C(=O)N3CCOCC3)C2)n1CCCCOC.Cl.Cl. The van der Waals surface area contributed by atoms with Gasteiger partial charge >= 0.3 is 0 Å². The molecule has 226 valence electrons. The van der Waals surface area contributed by atoms with Gasteiger partial charge in [0.2, 0.25) is 5.91 Å². The molecule has 0 saturated carbocycles. The van der Waals surface area contributed by atoms with Crippen LogP contribution in [0.3, 0.4) is 0 Å². The monoisotopic (exact) mass is 611 g/mol. The van der Waals surface area contributed by atoms with Gasteiger partial charge in [0, 0.05) is 65.4 Å². The van der Waals surface area contributed by atoms with Crippen LogP contribution in [0.2, 0.25) is 5.15 Å². The first-order chi connectivity index (χ1) is 17.9. The molecule has 9 nitrogen and oxygen atoms in total. The Labute approximate surface area is 251 Å². The molecule has 1 aromatic rings. The fourth-order valence-electron chi connectivity index (χ4n) is 5.27. The molecule has 2 amide bonds. The number of morpholine rings is 1. The Morgan fingerprint density at radius 2 is 1.90 bits per heavy atom. The lowest BCUT2D eigenvalue weighted by Crippen LogP contribution is -2.56. The van der Waals surface area contributed by atoms with E-state index in [1.807, 2.05) is 14.4 Å². The molecule has 2 fully saturated rings. The molecule has 3 heterocycles. The van der Waals surface area contributed by atoms with E-state index in [9.17, 15) is 9.59 Å². The molecule has 0 aliphatic carbocycles. The van der Waals surface area contributed by atoms with Crippen LogP contribution in [0.5, 0.6) is 0 Å². The highest BCUT2D eigenvalue weighted by atomic mass is 35.5. The van der Waals surface area contributed by atoms with Crippen molar-refractivity contribution in [3.8, 4) is 0 Å². The number of halogens is 3. The van der Waals surface area contributed by atoms with Gasteiger partial charge < -0.3 is 29.2 Å². The van der Waals surface area contributed by atoms with Crippen molar-refractivity contribution in [3.63, 3.8) is 0 Å². The van der Waals surface area contributed by atoms with Crippen LogP contribution in [-0.2, 0) is 27.2 Å². The number of carbonyl (C=O) groups excluding carboxylic acids is 2. The first kappa shape index (κ1) is 35.9. The largest absolute Gasteiger partial charge is 0.385 e. The van der Waals surface area contributed by atoms with Crippen molar-refractivity contribution in [2.75, 3.05) is 59.7 Å². The molecule has 2 aliphatic heterocycles. The predicted octanol–water partition coefficient (Wildman–Crippen LogP) is 4.08. The van der Waals surface area contributed by atoms with Gasteiger partial charge in [0.05, 0.1) is 19.1 Å². The average Bonchev–Trinajstić information content (AvgIpc) is 3.22. The van der Waals surface area contributed by atoms with Gasteiger partial charge in [-0.05, 0) is 31.6 Å². The number of hydrogen-bond acceptors (Lipinski definition) is 6. The fraction of sp³-hybridized carbons (Fsp3) is 0.815. The quantitative estimate of drug-likeness (QED) is 0.338. The van der Waals surface area contributed by atoms with Crippen molar-refractivity contribution in [2.24, 2.45) is 11.8 Å². The lowest BCUT2D eigenvalue weighted by Gasteiger charge is -2.40. The Morgan fingerprint density at radius 1 is 1.18 bits per heavy atom. The second-order valence-electron chi connectivity index (χ2n) is 10.7. The molecule has 0 radical (unpaired) electrons. The molecular weight excluding hydrogens is 565 g/mol. The number of nitrogens with one attached hydrogen (secondary N) is 1. The van der Waals surface area contributed by atoms with Crippen molar-refractivity contribution in [1.29, 1.82) is 0 Å². The number of amides is 2. The summed E-state index contributed by atoms with van der Waals surface area (Å²) in [6.07, 6.45) is 5.25. The van der Waals surface area contributed by atoms with Gasteiger partial charge in [-0.1, -0.05) is 38.8 Å². The summed E-state index contributed by atoms with van der Waals surface area (Å²) in [5, 5.41) is 3.71. The van der Waals surface area contributed by atoms with E-state index in [1.165, 1.54) is 0 Å². The summed E-state index contributed by atoms with van der Waals surface area (Å²) in [6, 6.07) is -0.0920. The number of piperidine rings is 1. The number of nitrogens with zero attached hydrogens (tertiary/aromatic N) is 4. The Balaban J connectivity index is 0.00000380. The van der Waals surface area contributed by atoms with Crippen LogP contribution in [0, 0.1) is 11.8 Å². The van der Waals surface area contributed by atoms with E-state index in [2.05, 4.69) is 31.1 Å². The van der Waals surface area contributed by atoms with Crippen LogP contribution in [-0.4, -0.2) is 96.9 Å². The second-order valence-corrected chi connectivity index (χ2v) is 11.0. The van der Waals surface area contributed by atoms with E-state index in [0.717, 1.165) is 37.9 Å². The number of imidazole rings is 1. The zero-order valence-corrected chi connectivity index (χ0v) is 26.3. The van der Waals surface area contributed by atoms with E-state index in [-0.39, 0.29) is 59.7 Å². The zero-order valence-electron chi connectivity index (χ0n) is 24.0. The molecule has 1 N–H and O–H groups in total. The molecule has 0 aromatic carbocycles. The Kier molecular flexibility index (Phi) is 16.9. The van der Waals surface area contributed by atoms with Gasteiger partial charge in [-0.25, -0.2) is 4.98 Å². The van der Waals surface area contributed by atoms with E-state index >= 15 is 0 Å². The van der Waals surface area contributed by atoms with E-state index in [0.29, 0.717) is 71.2 Å². The normalized spacial score (nSPS) is 19.4. The number of aromatic nitrogens is 2. The molecule has 0 unspecified atom stereocenters. The number of hydrogen-bond donors (Lipinski definition) is 1. The van der Waals surface area contributed by atoms with Gasteiger partial charge in [-0.15, -0.1) is 24.8 Å². The summed E-state index contributed by atoms with van der Waals surface area (Å²) < 4.78 is 12.7. The van der Waals surface area contributed by atoms with Crippen molar-refractivity contribution in [3.05, 3.63) is 16.7 Å². The molecule has 39 heavy (non-hydrogen) atoms. The van der Waals surface area contributed by atoms with E-state index in [4.69, 9.17) is 21.1 Å². The highest BCUT2D eigenvalue weighted by Gasteiger charge is 2.37. The maximum atomic E-state index is 14.2. The molecule has 0 bridgehead atoms. The van der Waals surface area contributed by atoms with Gasteiger partial charge in [0.15, 0.2) is 5.15 Å². The minimum atomic E-state index is -0.158. The molecule has 2 saturated heterocycles. The number of ether oxygens (including phenoxy) is 2. The van der Waals surface area contributed by atoms with Crippen LogP contribution in [0.4, 0.5) is 0 Å². The summed E-state index contributed by atoms with van der Waals surface area (Å²) in [4.78, 5) is 35.9. The molecule has 3 rings (SSSR count). The van der Waals surface area contributed by atoms with Crippen molar-refractivity contribution >= 4 is 48.2 Å². The number of aryl methyl sites for hydroxylation is 1. The number of methoxy groups -OCH3 is 1. The van der Waals surface area contributed by atoms with Crippen LogP contribution >= 0.6 is 36.4 Å². The topological polar surface area (TPSA) is 88.9 Å². The lowest BCUT2D eigenvalue weighted by atomic mass is 9.92. The summed E-state index contributed by atoms with van der Waals surface area (Å²) >= 11 is 6.67. The average molecular weight is 613 g/mol. The third-order valence-electron chi connectivity index (χ3n) is 7.20. The molecular formula is C27H48Cl3N5O4. The van der Waals surface area contributed by atoms with Gasteiger partial charge in [-0.2, -0.15) is 0 Å². The molecule has 12 heteroatoms. The van der Waals surface area contributed by atoms with Crippen LogP contribution < -0.4 is 5.32 Å².